The Balaban J connectivity index is 2.08. The highest BCUT2D eigenvalue weighted by Crippen LogP contribution is 2.30. The van der Waals surface area contributed by atoms with Gasteiger partial charge in [-0.25, -0.2) is 0 Å². The van der Waals surface area contributed by atoms with Crippen LogP contribution < -0.4 is 10.2 Å². The number of hydrogen-bond donors (Lipinski definition) is 1. The molecule has 0 spiro atoms. The van der Waals surface area contributed by atoms with Crippen molar-refractivity contribution in [2.75, 3.05) is 4.90 Å². The second-order valence-electron chi connectivity index (χ2n) is 5.98. The van der Waals surface area contributed by atoms with Crippen molar-refractivity contribution in [3.05, 3.63) is 76.9 Å². The molecule has 1 heterocycles. The lowest BCUT2D eigenvalue weighted by Crippen LogP contribution is -2.30. The number of nitrogens with zero attached hydrogens (tertiary/aromatic N) is 1. The van der Waals surface area contributed by atoms with E-state index in [9.17, 15) is 9.59 Å². The number of anilines is 1. The van der Waals surface area contributed by atoms with Crippen LogP contribution in [-0.4, -0.2) is 11.8 Å². The van der Waals surface area contributed by atoms with E-state index in [-0.39, 0.29) is 11.8 Å². The van der Waals surface area contributed by atoms with Crippen LogP contribution in [0.1, 0.15) is 32.6 Å². The Morgan fingerprint density at radius 1 is 1.21 bits per heavy atom. The normalized spacial score (nSPS) is 12.5. The lowest BCUT2D eigenvalue weighted by Gasteiger charge is -2.25. The molecule has 0 saturated heterocycles. The van der Waals surface area contributed by atoms with Crippen LogP contribution in [-0.2, 0) is 17.9 Å². The average molecular weight is 320 g/mol. The SMILES string of the molecule is C=CC(=O)N(Cc1c(C)cccc1C)c1cccc2c1CNC2=O. The number of aryl methyl sites for hydroxylation is 2. The van der Waals surface area contributed by atoms with Gasteiger partial charge in [0.25, 0.3) is 11.8 Å². The molecule has 2 aromatic rings. The molecule has 1 N–H and O–H groups in total. The Kier molecular flexibility index (Phi) is 4.21. The maximum Gasteiger partial charge on any atom is 0.251 e. The van der Waals surface area contributed by atoms with E-state index < -0.39 is 0 Å². The van der Waals surface area contributed by atoms with Crippen LogP contribution >= 0.6 is 0 Å². The van der Waals surface area contributed by atoms with Gasteiger partial charge < -0.3 is 10.2 Å². The molecule has 0 unspecified atom stereocenters. The summed E-state index contributed by atoms with van der Waals surface area (Å²) in [7, 11) is 0. The van der Waals surface area contributed by atoms with Crippen LogP contribution in [0.5, 0.6) is 0 Å². The second-order valence-corrected chi connectivity index (χ2v) is 5.98. The summed E-state index contributed by atoms with van der Waals surface area (Å²) in [5.74, 6) is -0.268. The predicted molar refractivity (Wildman–Crippen MR) is 94.9 cm³/mol. The molecular weight excluding hydrogens is 300 g/mol. The zero-order valence-corrected chi connectivity index (χ0v) is 13.9. The molecule has 0 fully saturated rings. The Morgan fingerprint density at radius 2 is 1.88 bits per heavy atom. The van der Waals surface area contributed by atoms with Gasteiger partial charge >= 0.3 is 0 Å². The number of carbonyl (C=O) groups excluding carboxylic acids is 2. The van der Waals surface area contributed by atoms with Crippen molar-refractivity contribution in [3.63, 3.8) is 0 Å². The molecular formula is C20H20N2O2. The summed E-state index contributed by atoms with van der Waals surface area (Å²) in [6.45, 7) is 8.61. The second kappa shape index (κ2) is 6.32. The van der Waals surface area contributed by atoms with E-state index in [1.807, 2.05) is 44.2 Å². The topological polar surface area (TPSA) is 49.4 Å². The van der Waals surface area contributed by atoms with E-state index in [0.717, 1.165) is 27.9 Å². The van der Waals surface area contributed by atoms with E-state index in [2.05, 4.69) is 11.9 Å². The van der Waals surface area contributed by atoms with Gasteiger partial charge in [0.2, 0.25) is 0 Å². The molecule has 122 valence electrons. The van der Waals surface area contributed by atoms with Crippen LogP contribution in [0.4, 0.5) is 5.69 Å². The minimum atomic E-state index is -0.176. The van der Waals surface area contributed by atoms with E-state index in [1.54, 1.807) is 11.0 Å². The molecule has 1 aliphatic heterocycles. The molecule has 0 aliphatic carbocycles. The van der Waals surface area contributed by atoms with Crippen molar-refractivity contribution in [1.29, 1.82) is 0 Å². The van der Waals surface area contributed by atoms with Crippen LogP contribution in [0.2, 0.25) is 0 Å². The summed E-state index contributed by atoms with van der Waals surface area (Å²) in [5.41, 5.74) is 5.65. The van der Waals surface area contributed by atoms with Crippen molar-refractivity contribution >= 4 is 17.5 Å². The van der Waals surface area contributed by atoms with Crippen molar-refractivity contribution < 1.29 is 9.59 Å². The third-order valence-corrected chi connectivity index (χ3v) is 4.51. The smallest absolute Gasteiger partial charge is 0.251 e. The maximum absolute atomic E-state index is 12.5. The summed E-state index contributed by atoms with van der Waals surface area (Å²) >= 11 is 0. The Bertz CT molecular complexity index is 819. The molecule has 2 amide bonds. The Labute approximate surface area is 141 Å². The number of nitrogens with one attached hydrogen (secondary N) is 1. The van der Waals surface area contributed by atoms with Gasteiger partial charge in [0, 0.05) is 17.7 Å². The molecule has 1 aliphatic rings. The van der Waals surface area contributed by atoms with Crippen molar-refractivity contribution in [2.24, 2.45) is 0 Å². The highest BCUT2D eigenvalue weighted by atomic mass is 16.2. The lowest BCUT2D eigenvalue weighted by atomic mass is 10.0. The molecule has 3 rings (SSSR count). The van der Waals surface area contributed by atoms with E-state index in [1.165, 1.54) is 6.08 Å². The maximum atomic E-state index is 12.5. The first-order valence-electron chi connectivity index (χ1n) is 7.92. The Hall–Kier alpha value is -2.88. The first-order valence-corrected chi connectivity index (χ1v) is 7.92. The quantitative estimate of drug-likeness (QED) is 0.879. The molecule has 4 heteroatoms. The lowest BCUT2D eigenvalue weighted by molar-refractivity contribution is -0.114. The zero-order chi connectivity index (χ0) is 17.3. The number of amides is 2. The third kappa shape index (κ3) is 2.71. The summed E-state index contributed by atoms with van der Waals surface area (Å²) in [6.07, 6.45) is 1.32. The largest absolute Gasteiger partial charge is 0.348 e. The summed E-state index contributed by atoms with van der Waals surface area (Å²) in [6, 6.07) is 11.6. The van der Waals surface area contributed by atoms with Crippen LogP contribution in [0, 0.1) is 13.8 Å². The molecule has 0 saturated carbocycles. The van der Waals surface area contributed by atoms with Gasteiger partial charge in [-0.2, -0.15) is 0 Å². The monoisotopic (exact) mass is 320 g/mol. The molecule has 2 aromatic carbocycles. The fourth-order valence-electron chi connectivity index (χ4n) is 3.14. The number of fused-ring (bicyclic) bond motifs is 1. The molecule has 0 aromatic heterocycles. The van der Waals surface area contributed by atoms with Crippen molar-refractivity contribution in [3.8, 4) is 0 Å². The van der Waals surface area contributed by atoms with Gasteiger partial charge in [0.15, 0.2) is 0 Å². The molecule has 4 nitrogen and oxygen atoms in total. The highest BCUT2D eigenvalue weighted by molar-refractivity contribution is 6.05. The summed E-state index contributed by atoms with van der Waals surface area (Å²) in [4.78, 5) is 26.1. The first kappa shape index (κ1) is 16.0. The third-order valence-electron chi connectivity index (χ3n) is 4.51. The van der Waals surface area contributed by atoms with Crippen molar-refractivity contribution in [2.45, 2.75) is 26.9 Å². The molecule has 0 atom stereocenters. The van der Waals surface area contributed by atoms with Gasteiger partial charge in [0.1, 0.15) is 0 Å². The fraction of sp³-hybridized carbons (Fsp3) is 0.200. The van der Waals surface area contributed by atoms with Gasteiger partial charge in [0.05, 0.1) is 12.2 Å². The van der Waals surface area contributed by atoms with E-state index in [0.29, 0.717) is 18.7 Å². The van der Waals surface area contributed by atoms with Crippen LogP contribution in [0.25, 0.3) is 0 Å². The van der Waals surface area contributed by atoms with Gasteiger partial charge in [-0.15, -0.1) is 0 Å². The van der Waals surface area contributed by atoms with Crippen LogP contribution in [0.3, 0.4) is 0 Å². The van der Waals surface area contributed by atoms with Gasteiger partial charge in [-0.05, 0) is 48.7 Å². The first-order chi connectivity index (χ1) is 11.5. The molecule has 0 radical (unpaired) electrons. The number of rotatable bonds is 4. The number of carbonyl (C=O) groups is 2. The molecule has 0 bridgehead atoms. The van der Waals surface area contributed by atoms with Crippen LogP contribution in [0.15, 0.2) is 49.1 Å². The van der Waals surface area contributed by atoms with Crippen molar-refractivity contribution in [1.82, 2.24) is 5.32 Å². The average Bonchev–Trinajstić information content (AvgIpc) is 2.96. The predicted octanol–water partition coefficient (Wildman–Crippen LogP) is 3.27. The standard InChI is InChI=1S/C20H20N2O2/c1-4-19(23)22(12-17-13(2)7-5-8-14(17)3)18-10-6-9-15-16(18)11-21-20(15)24/h4-10H,1,11-12H2,2-3H3,(H,21,24). The fourth-order valence-corrected chi connectivity index (χ4v) is 3.14. The zero-order valence-electron chi connectivity index (χ0n) is 13.9. The number of benzene rings is 2. The Morgan fingerprint density at radius 3 is 2.54 bits per heavy atom. The molecule has 24 heavy (non-hydrogen) atoms. The van der Waals surface area contributed by atoms with E-state index >= 15 is 0 Å². The summed E-state index contributed by atoms with van der Waals surface area (Å²) < 4.78 is 0. The highest BCUT2D eigenvalue weighted by Gasteiger charge is 2.26. The minimum Gasteiger partial charge on any atom is -0.348 e. The van der Waals surface area contributed by atoms with Gasteiger partial charge in [-0.1, -0.05) is 30.8 Å². The van der Waals surface area contributed by atoms with E-state index in [4.69, 9.17) is 0 Å². The summed E-state index contributed by atoms with van der Waals surface area (Å²) in [5, 5.41) is 2.82. The van der Waals surface area contributed by atoms with Gasteiger partial charge in [-0.3, -0.25) is 9.59 Å². The minimum absolute atomic E-state index is 0.0927. The number of hydrogen-bond acceptors (Lipinski definition) is 2.